The highest BCUT2D eigenvalue weighted by atomic mass is 35.5. The van der Waals surface area contributed by atoms with Crippen molar-refractivity contribution >= 4 is 50.6 Å². The predicted octanol–water partition coefficient (Wildman–Crippen LogP) is 5.31. The fourth-order valence-corrected chi connectivity index (χ4v) is 7.11. The number of nitrogens with one attached hydrogen (secondary N) is 1. The minimum Gasteiger partial charge on any atom is -0.465 e. The number of rotatable bonds is 8. The molecular weight excluding hydrogens is 593 g/mol. The number of likely N-dealkylation sites (tertiary alicyclic amines) is 1. The van der Waals surface area contributed by atoms with Gasteiger partial charge in [-0.15, -0.1) is 11.3 Å². The average molecular weight is 617 g/mol. The van der Waals surface area contributed by atoms with Crippen LogP contribution in [0.4, 0.5) is 29.5 Å². The van der Waals surface area contributed by atoms with Gasteiger partial charge in [-0.3, -0.25) is 14.5 Å². The second kappa shape index (κ2) is 11.2. The van der Waals surface area contributed by atoms with Crippen LogP contribution in [0.3, 0.4) is 0 Å². The summed E-state index contributed by atoms with van der Waals surface area (Å²) in [6, 6.07) is 3.26. The Labute approximate surface area is 237 Å². The fourth-order valence-electron chi connectivity index (χ4n) is 5.14. The van der Waals surface area contributed by atoms with Crippen LogP contribution in [0.15, 0.2) is 40.1 Å². The number of carbonyl (C=O) groups is 1. The van der Waals surface area contributed by atoms with E-state index in [4.69, 9.17) is 16.3 Å². The van der Waals surface area contributed by atoms with E-state index in [0.717, 1.165) is 42.4 Å². The molecule has 214 valence electrons. The Hall–Kier alpha value is -2.91. The van der Waals surface area contributed by atoms with Gasteiger partial charge in [0.1, 0.15) is 22.3 Å². The quantitative estimate of drug-likeness (QED) is 0.353. The largest absolute Gasteiger partial charge is 0.465 e. The van der Waals surface area contributed by atoms with Crippen molar-refractivity contribution < 1.29 is 36.2 Å². The molecule has 0 saturated carbocycles. The highest BCUT2D eigenvalue weighted by Gasteiger charge is 2.44. The van der Waals surface area contributed by atoms with E-state index in [1.807, 2.05) is 4.90 Å². The first kappa shape index (κ1) is 28.6. The van der Waals surface area contributed by atoms with Gasteiger partial charge >= 0.3 is 6.09 Å². The summed E-state index contributed by atoms with van der Waals surface area (Å²) in [7, 11) is -4.45. The Bertz CT molecular complexity index is 1530. The summed E-state index contributed by atoms with van der Waals surface area (Å²) in [6.45, 7) is 2.02. The molecular formula is C25H24ClF3N4O5S2. The number of hydrogen-bond acceptors (Lipinski definition) is 7. The van der Waals surface area contributed by atoms with Crippen molar-refractivity contribution in [1.29, 1.82) is 0 Å². The zero-order valence-electron chi connectivity index (χ0n) is 20.9. The summed E-state index contributed by atoms with van der Waals surface area (Å²) in [4.78, 5) is 17.7. The number of thiazole rings is 1. The minimum atomic E-state index is -4.45. The van der Waals surface area contributed by atoms with Gasteiger partial charge in [-0.1, -0.05) is 11.6 Å². The molecule has 0 bridgehead atoms. The predicted molar refractivity (Wildman–Crippen MR) is 143 cm³/mol. The lowest BCUT2D eigenvalue weighted by molar-refractivity contribution is -0.0842. The standard InChI is InChI=1S/C25H24ClF3N4O5S2/c26-17-7-22(40(36,37)31-23-11-39-14-30-23)20(29)8-21(17)33(24(34)35)10-16-15(18(27)1-2-19(16)28)9-32-12-25(13-32)3-5-38-6-4-25/h1-2,7-8,11,14,31H,3-6,9-10,12-13H2,(H,34,35). The lowest BCUT2D eigenvalue weighted by atomic mass is 9.73. The Morgan fingerprint density at radius 3 is 2.45 bits per heavy atom. The molecule has 3 aromatic rings. The Balaban J connectivity index is 1.42. The molecule has 40 heavy (non-hydrogen) atoms. The first-order valence-corrected chi connectivity index (χ1v) is 14.9. The normalized spacial score (nSPS) is 17.0. The third-order valence-electron chi connectivity index (χ3n) is 7.17. The zero-order chi connectivity index (χ0) is 28.7. The number of carboxylic acid groups (broad SMARTS) is 1. The van der Waals surface area contributed by atoms with Gasteiger partial charge < -0.3 is 9.84 Å². The van der Waals surface area contributed by atoms with Crippen molar-refractivity contribution in [3.8, 4) is 0 Å². The molecule has 2 N–H and O–H groups in total. The maximum Gasteiger partial charge on any atom is 0.412 e. The molecule has 1 spiro atoms. The van der Waals surface area contributed by atoms with E-state index in [2.05, 4.69) is 9.71 Å². The molecule has 2 aromatic carbocycles. The van der Waals surface area contributed by atoms with E-state index >= 15 is 8.78 Å². The lowest BCUT2D eigenvalue weighted by Crippen LogP contribution is -2.57. The van der Waals surface area contributed by atoms with Crippen LogP contribution in [0.25, 0.3) is 0 Å². The zero-order valence-corrected chi connectivity index (χ0v) is 23.3. The number of halogens is 4. The van der Waals surface area contributed by atoms with Crippen molar-refractivity contribution in [2.24, 2.45) is 5.41 Å². The van der Waals surface area contributed by atoms with Crippen molar-refractivity contribution in [1.82, 2.24) is 9.88 Å². The second-order valence-corrected chi connectivity index (χ2v) is 12.6. The van der Waals surface area contributed by atoms with Gasteiger partial charge in [-0.25, -0.2) is 31.4 Å². The molecule has 0 radical (unpaired) electrons. The molecule has 0 aliphatic carbocycles. The second-order valence-electron chi connectivity index (χ2n) is 9.83. The minimum absolute atomic E-state index is 0.0172. The maximum atomic E-state index is 15.1. The summed E-state index contributed by atoms with van der Waals surface area (Å²) in [5, 5.41) is 10.9. The van der Waals surface area contributed by atoms with E-state index in [1.165, 1.54) is 10.9 Å². The first-order valence-electron chi connectivity index (χ1n) is 12.1. The third kappa shape index (κ3) is 5.77. The molecule has 2 aliphatic heterocycles. The lowest BCUT2D eigenvalue weighted by Gasteiger charge is -2.52. The van der Waals surface area contributed by atoms with Crippen LogP contribution in [0.2, 0.25) is 5.02 Å². The molecule has 2 saturated heterocycles. The first-order chi connectivity index (χ1) is 19.0. The van der Waals surface area contributed by atoms with Gasteiger partial charge in [0.05, 0.1) is 22.8 Å². The molecule has 15 heteroatoms. The molecule has 2 aliphatic rings. The van der Waals surface area contributed by atoms with Crippen molar-refractivity contribution in [2.45, 2.75) is 30.8 Å². The molecule has 2 fully saturated rings. The molecule has 1 aromatic heterocycles. The SMILES string of the molecule is O=C(O)N(Cc1c(F)ccc(F)c1CN1CC2(CCOCC2)C1)c1cc(F)c(S(=O)(=O)Nc2cscn2)cc1Cl. The van der Waals surface area contributed by atoms with Crippen LogP contribution in [-0.2, 0) is 27.8 Å². The van der Waals surface area contributed by atoms with Gasteiger partial charge in [0.25, 0.3) is 10.0 Å². The van der Waals surface area contributed by atoms with Crippen LogP contribution in [0, 0.1) is 22.9 Å². The molecule has 0 unspecified atom stereocenters. The van der Waals surface area contributed by atoms with Crippen molar-refractivity contribution in [3.05, 3.63) is 68.8 Å². The number of ether oxygens (including phenoxy) is 1. The van der Waals surface area contributed by atoms with E-state index in [-0.39, 0.29) is 28.9 Å². The topological polar surface area (TPSA) is 112 Å². The molecule has 1 amide bonds. The molecule has 5 rings (SSSR count). The van der Waals surface area contributed by atoms with E-state index < -0.39 is 55.7 Å². The summed E-state index contributed by atoms with van der Waals surface area (Å²) in [6.07, 6.45) is 0.130. The Morgan fingerprint density at radius 2 is 1.82 bits per heavy atom. The van der Waals surface area contributed by atoms with Gasteiger partial charge in [0.2, 0.25) is 0 Å². The van der Waals surface area contributed by atoms with E-state index in [9.17, 15) is 22.7 Å². The van der Waals surface area contributed by atoms with E-state index in [1.54, 1.807) is 0 Å². The van der Waals surface area contributed by atoms with Crippen LogP contribution in [-0.4, -0.2) is 55.8 Å². The maximum absolute atomic E-state index is 15.1. The summed E-state index contributed by atoms with van der Waals surface area (Å²) < 4.78 is 78.0. The van der Waals surface area contributed by atoms with Crippen LogP contribution < -0.4 is 9.62 Å². The number of aromatic nitrogens is 1. The number of amides is 1. The highest BCUT2D eigenvalue weighted by molar-refractivity contribution is 7.92. The number of nitrogens with zero attached hydrogens (tertiary/aromatic N) is 3. The molecule has 3 heterocycles. The van der Waals surface area contributed by atoms with E-state index in [0.29, 0.717) is 37.3 Å². The number of anilines is 2. The van der Waals surface area contributed by atoms with Crippen LogP contribution >= 0.6 is 22.9 Å². The van der Waals surface area contributed by atoms with Crippen LogP contribution in [0.5, 0.6) is 0 Å². The van der Waals surface area contributed by atoms with Gasteiger partial charge in [-0.2, -0.15) is 0 Å². The Kier molecular flexibility index (Phi) is 7.99. The average Bonchev–Trinajstić information content (AvgIpc) is 3.39. The van der Waals surface area contributed by atoms with Crippen molar-refractivity contribution in [3.63, 3.8) is 0 Å². The highest BCUT2D eigenvalue weighted by Crippen LogP contribution is 2.41. The van der Waals surface area contributed by atoms with Gasteiger partial charge in [-0.05, 0) is 31.0 Å². The van der Waals surface area contributed by atoms with Crippen molar-refractivity contribution in [2.75, 3.05) is 35.9 Å². The summed E-state index contributed by atoms with van der Waals surface area (Å²) >= 11 is 7.36. The fraction of sp³-hybridized carbons (Fsp3) is 0.360. The summed E-state index contributed by atoms with van der Waals surface area (Å²) in [5.74, 6) is -2.87. The number of sulfonamides is 1. The van der Waals surface area contributed by atoms with Gasteiger partial charge in [0, 0.05) is 60.8 Å². The molecule has 9 nitrogen and oxygen atoms in total. The third-order valence-corrected chi connectivity index (χ3v) is 9.43. The monoisotopic (exact) mass is 616 g/mol. The van der Waals surface area contributed by atoms with Gasteiger partial charge in [0.15, 0.2) is 5.82 Å². The summed E-state index contributed by atoms with van der Waals surface area (Å²) in [5.41, 5.74) is 0.778. The number of hydrogen-bond donors (Lipinski definition) is 2. The Morgan fingerprint density at radius 1 is 1.15 bits per heavy atom. The molecule has 0 atom stereocenters. The smallest absolute Gasteiger partial charge is 0.412 e. The number of benzene rings is 2. The van der Waals surface area contributed by atoms with Crippen LogP contribution in [0.1, 0.15) is 24.0 Å².